The second-order valence-electron chi connectivity index (χ2n) is 4.56. The summed E-state index contributed by atoms with van der Waals surface area (Å²) in [5.74, 6) is 1.02. The summed E-state index contributed by atoms with van der Waals surface area (Å²) < 4.78 is 15.5. The number of carbonyl (C=O) groups excluding carboxylic acids is 2. The van der Waals surface area contributed by atoms with Crippen molar-refractivity contribution >= 4 is 12.3 Å². The molecular formula is C17H12O5. The number of methoxy groups -OCH3 is 1. The third-order valence-electron chi connectivity index (χ3n) is 3.17. The van der Waals surface area contributed by atoms with Gasteiger partial charge in [0.2, 0.25) is 5.76 Å². The molecule has 5 nitrogen and oxygen atoms in total. The molecule has 1 aromatic carbocycles. The van der Waals surface area contributed by atoms with Gasteiger partial charge in [0.15, 0.2) is 12.0 Å². The first-order valence-corrected chi connectivity index (χ1v) is 6.55. The van der Waals surface area contributed by atoms with E-state index in [1.54, 1.807) is 24.3 Å². The smallest absolute Gasteiger partial charge is 0.373 e. The van der Waals surface area contributed by atoms with E-state index in [4.69, 9.17) is 8.83 Å². The zero-order valence-corrected chi connectivity index (χ0v) is 11.7. The van der Waals surface area contributed by atoms with Gasteiger partial charge in [0, 0.05) is 11.1 Å². The van der Waals surface area contributed by atoms with E-state index in [0.717, 1.165) is 11.1 Å². The minimum absolute atomic E-state index is 0.143. The lowest BCUT2D eigenvalue weighted by Crippen LogP contribution is -1.98. The van der Waals surface area contributed by atoms with Gasteiger partial charge in [-0.05, 0) is 30.3 Å². The Bertz CT molecular complexity index is 825. The van der Waals surface area contributed by atoms with E-state index in [2.05, 4.69) is 4.74 Å². The minimum atomic E-state index is -0.524. The molecule has 2 aromatic heterocycles. The molecule has 3 aromatic rings. The number of rotatable bonds is 4. The maximum absolute atomic E-state index is 11.4. The Labute approximate surface area is 126 Å². The first-order valence-electron chi connectivity index (χ1n) is 6.55. The van der Waals surface area contributed by atoms with Crippen LogP contribution in [0.15, 0.2) is 57.4 Å². The van der Waals surface area contributed by atoms with Crippen molar-refractivity contribution < 1.29 is 23.2 Å². The highest BCUT2D eigenvalue weighted by Crippen LogP contribution is 2.28. The molecule has 0 aliphatic carbocycles. The molecule has 22 heavy (non-hydrogen) atoms. The normalized spacial score (nSPS) is 10.4. The Hall–Kier alpha value is -3.08. The van der Waals surface area contributed by atoms with Gasteiger partial charge in [-0.2, -0.15) is 0 Å². The molecule has 0 N–H and O–H groups in total. The molecule has 5 heteroatoms. The average molecular weight is 296 g/mol. The highest BCUT2D eigenvalue weighted by molar-refractivity contribution is 5.87. The Morgan fingerprint density at radius 1 is 1.00 bits per heavy atom. The molecule has 0 unspecified atom stereocenters. The number of aldehydes is 1. The van der Waals surface area contributed by atoms with Gasteiger partial charge >= 0.3 is 5.97 Å². The fraction of sp³-hybridized carbons (Fsp3) is 0.0588. The Morgan fingerprint density at radius 3 is 2.32 bits per heavy atom. The van der Waals surface area contributed by atoms with Crippen LogP contribution in [0.1, 0.15) is 21.1 Å². The molecule has 0 bridgehead atoms. The first-order chi connectivity index (χ1) is 10.7. The third kappa shape index (κ3) is 2.56. The summed E-state index contributed by atoms with van der Waals surface area (Å²) in [5, 5.41) is 0. The molecule has 110 valence electrons. The standard InChI is InChI=1S/C17H12O5/c1-20-17(19)16-8-7-15(22-16)12-4-2-3-11(9-12)14-6-5-13(10-18)21-14/h2-10H,1H3. The van der Waals surface area contributed by atoms with Gasteiger partial charge < -0.3 is 13.6 Å². The summed E-state index contributed by atoms with van der Waals surface area (Å²) >= 11 is 0. The van der Waals surface area contributed by atoms with Crippen molar-refractivity contribution in [1.82, 2.24) is 0 Å². The van der Waals surface area contributed by atoms with Crippen LogP contribution in [-0.2, 0) is 4.74 Å². The Kier molecular flexibility index (Phi) is 3.62. The van der Waals surface area contributed by atoms with Crippen molar-refractivity contribution in [2.24, 2.45) is 0 Å². The van der Waals surface area contributed by atoms with Crippen LogP contribution in [0.5, 0.6) is 0 Å². The Balaban J connectivity index is 1.95. The van der Waals surface area contributed by atoms with Crippen molar-refractivity contribution in [2.45, 2.75) is 0 Å². The molecule has 0 saturated carbocycles. The average Bonchev–Trinajstić information content (AvgIpc) is 3.23. The lowest BCUT2D eigenvalue weighted by Gasteiger charge is -2.01. The molecule has 3 rings (SSSR count). The second kappa shape index (κ2) is 5.73. The van der Waals surface area contributed by atoms with Crippen molar-refractivity contribution in [3.63, 3.8) is 0 Å². The van der Waals surface area contributed by atoms with E-state index in [0.29, 0.717) is 17.8 Å². The van der Waals surface area contributed by atoms with Crippen molar-refractivity contribution in [2.75, 3.05) is 7.11 Å². The van der Waals surface area contributed by atoms with Crippen LogP contribution in [0, 0.1) is 0 Å². The molecule has 0 aliphatic heterocycles. The number of benzene rings is 1. The van der Waals surface area contributed by atoms with E-state index in [1.807, 2.05) is 24.3 Å². The lowest BCUT2D eigenvalue weighted by atomic mass is 10.1. The largest absolute Gasteiger partial charge is 0.463 e. The van der Waals surface area contributed by atoms with E-state index >= 15 is 0 Å². The molecule has 0 fully saturated rings. The number of ether oxygens (including phenoxy) is 1. The van der Waals surface area contributed by atoms with Gasteiger partial charge in [-0.3, -0.25) is 4.79 Å². The quantitative estimate of drug-likeness (QED) is 0.541. The highest BCUT2D eigenvalue weighted by atomic mass is 16.5. The number of hydrogen-bond acceptors (Lipinski definition) is 5. The zero-order chi connectivity index (χ0) is 15.5. The fourth-order valence-corrected chi connectivity index (χ4v) is 2.10. The summed E-state index contributed by atoms with van der Waals surface area (Å²) in [6, 6.07) is 14.0. The minimum Gasteiger partial charge on any atom is -0.463 e. The summed E-state index contributed by atoms with van der Waals surface area (Å²) in [4.78, 5) is 22.1. The monoisotopic (exact) mass is 296 g/mol. The van der Waals surface area contributed by atoms with Gasteiger partial charge in [0.25, 0.3) is 0 Å². The van der Waals surface area contributed by atoms with Crippen LogP contribution in [0.2, 0.25) is 0 Å². The first kappa shape index (κ1) is 13.9. The molecule has 0 amide bonds. The topological polar surface area (TPSA) is 69.7 Å². The van der Waals surface area contributed by atoms with Crippen molar-refractivity contribution in [3.8, 4) is 22.6 Å². The van der Waals surface area contributed by atoms with Crippen LogP contribution >= 0.6 is 0 Å². The van der Waals surface area contributed by atoms with Gasteiger partial charge in [-0.1, -0.05) is 18.2 Å². The van der Waals surface area contributed by atoms with Crippen molar-refractivity contribution in [1.29, 1.82) is 0 Å². The number of furan rings is 2. The van der Waals surface area contributed by atoms with E-state index in [-0.39, 0.29) is 11.5 Å². The molecule has 0 spiro atoms. The fourth-order valence-electron chi connectivity index (χ4n) is 2.10. The summed E-state index contributed by atoms with van der Waals surface area (Å²) in [7, 11) is 1.30. The molecule has 2 heterocycles. The maximum Gasteiger partial charge on any atom is 0.373 e. The summed E-state index contributed by atoms with van der Waals surface area (Å²) in [6.45, 7) is 0. The molecule has 0 radical (unpaired) electrons. The predicted octanol–water partition coefficient (Wildman–Crippen LogP) is 3.81. The van der Waals surface area contributed by atoms with Crippen LogP contribution < -0.4 is 0 Å². The molecule has 0 saturated heterocycles. The summed E-state index contributed by atoms with van der Waals surface area (Å²) in [6.07, 6.45) is 0.655. The molecule has 0 aliphatic rings. The van der Waals surface area contributed by atoms with Gasteiger partial charge in [-0.15, -0.1) is 0 Å². The SMILES string of the molecule is COC(=O)c1ccc(-c2cccc(-c3ccc(C=O)o3)c2)o1. The van der Waals surface area contributed by atoms with Gasteiger partial charge in [0.05, 0.1) is 7.11 Å². The van der Waals surface area contributed by atoms with Gasteiger partial charge in [0.1, 0.15) is 11.5 Å². The van der Waals surface area contributed by atoms with E-state index in [9.17, 15) is 9.59 Å². The Morgan fingerprint density at radius 2 is 1.68 bits per heavy atom. The van der Waals surface area contributed by atoms with Crippen LogP contribution in [0.3, 0.4) is 0 Å². The second-order valence-corrected chi connectivity index (χ2v) is 4.56. The number of hydrogen-bond donors (Lipinski definition) is 0. The number of esters is 1. The van der Waals surface area contributed by atoms with Gasteiger partial charge in [-0.25, -0.2) is 4.79 Å². The lowest BCUT2D eigenvalue weighted by molar-refractivity contribution is 0.0566. The predicted molar refractivity (Wildman–Crippen MR) is 78.6 cm³/mol. The highest BCUT2D eigenvalue weighted by Gasteiger charge is 2.13. The molecule has 0 atom stereocenters. The maximum atomic E-state index is 11.4. The zero-order valence-electron chi connectivity index (χ0n) is 11.7. The van der Waals surface area contributed by atoms with Crippen LogP contribution in [-0.4, -0.2) is 19.4 Å². The van der Waals surface area contributed by atoms with Crippen molar-refractivity contribution in [3.05, 3.63) is 60.1 Å². The molecular weight excluding hydrogens is 284 g/mol. The third-order valence-corrected chi connectivity index (χ3v) is 3.17. The van der Waals surface area contributed by atoms with E-state index < -0.39 is 5.97 Å². The van der Waals surface area contributed by atoms with Crippen LogP contribution in [0.4, 0.5) is 0 Å². The van der Waals surface area contributed by atoms with Crippen LogP contribution in [0.25, 0.3) is 22.6 Å². The number of carbonyl (C=O) groups is 2. The summed E-state index contributed by atoms with van der Waals surface area (Å²) in [5.41, 5.74) is 1.60. The van der Waals surface area contributed by atoms with E-state index in [1.165, 1.54) is 7.11 Å².